The molecule has 0 aliphatic carbocycles. The van der Waals surface area contributed by atoms with Gasteiger partial charge in [0.15, 0.2) is 0 Å². The van der Waals surface area contributed by atoms with Crippen molar-refractivity contribution in [2.45, 2.75) is 25.5 Å². The van der Waals surface area contributed by atoms with E-state index in [9.17, 15) is 9.18 Å². The normalized spacial score (nSPS) is 21.0. The molecule has 0 N–H and O–H groups in total. The Morgan fingerprint density at radius 1 is 1.29 bits per heavy atom. The van der Waals surface area contributed by atoms with Crippen molar-refractivity contribution < 1.29 is 13.6 Å². The third-order valence-electron chi connectivity index (χ3n) is 4.05. The highest BCUT2D eigenvalue weighted by Crippen LogP contribution is 2.26. The van der Waals surface area contributed by atoms with Crippen LogP contribution in [-0.2, 0) is 4.79 Å². The zero-order chi connectivity index (χ0) is 17.1. The average Bonchev–Trinajstić information content (AvgIpc) is 3.01. The average molecular weight is 349 g/mol. The third-order valence-corrected chi connectivity index (χ3v) is 4.85. The summed E-state index contributed by atoms with van der Waals surface area (Å²) in [5.74, 6) is 1.09. The van der Waals surface area contributed by atoms with E-state index in [4.69, 9.17) is 4.42 Å². The molecule has 1 aromatic carbocycles. The van der Waals surface area contributed by atoms with Crippen molar-refractivity contribution in [1.29, 1.82) is 0 Å². The van der Waals surface area contributed by atoms with Crippen LogP contribution in [0.1, 0.15) is 20.3 Å². The maximum atomic E-state index is 13.7. The number of rotatable bonds is 4. The van der Waals surface area contributed by atoms with Crippen LogP contribution in [0.4, 0.5) is 4.39 Å². The minimum atomic E-state index is -0.412. The van der Waals surface area contributed by atoms with E-state index in [1.54, 1.807) is 18.2 Å². The van der Waals surface area contributed by atoms with Crippen molar-refractivity contribution >= 4 is 17.7 Å². The Morgan fingerprint density at radius 3 is 2.71 bits per heavy atom. The van der Waals surface area contributed by atoms with E-state index in [0.29, 0.717) is 11.8 Å². The molecule has 0 spiro atoms. The summed E-state index contributed by atoms with van der Waals surface area (Å²) in [6.45, 7) is 5.94. The first kappa shape index (κ1) is 17.0. The number of aromatic nitrogens is 2. The molecule has 2 atom stereocenters. The fraction of sp³-hybridized carbons (Fsp3) is 0.471. The summed E-state index contributed by atoms with van der Waals surface area (Å²) >= 11 is 1.19. The summed E-state index contributed by atoms with van der Waals surface area (Å²) in [5, 5.41) is 8.03. The molecule has 0 unspecified atom stereocenters. The second-order valence-corrected chi connectivity index (χ2v) is 7.31. The highest BCUT2D eigenvalue weighted by molar-refractivity contribution is 7.99. The van der Waals surface area contributed by atoms with E-state index in [0.717, 1.165) is 19.5 Å². The lowest BCUT2D eigenvalue weighted by Gasteiger charge is -2.34. The number of benzene rings is 1. The summed E-state index contributed by atoms with van der Waals surface area (Å²) in [5.41, 5.74) is 0.266. The van der Waals surface area contributed by atoms with Gasteiger partial charge < -0.3 is 9.32 Å². The maximum Gasteiger partial charge on any atom is 0.277 e. The van der Waals surface area contributed by atoms with Crippen molar-refractivity contribution in [2.24, 2.45) is 11.8 Å². The quantitative estimate of drug-likeness (QED) is 0.791. The van der Waals surface area contributed by atoms with Crippen LogP contribution in [-0.4, -0.2) is 39.8 Å². The second-order valence-electron chi connectivity index (χ2n) is 6.39. The molecule has 1 aliphatic heterocycles. The molecule has 3 rings (SSSR count). The molecule has 5 nitrogen and oxygen atoms in total. The van der Waals surface area contributed by atoms with Gasteiger partial charge in [-0.25, -0.2) is 4.39 Å². The monoisotopic (exact) mass is 349 g/mol. The lowest BCUT2D eigenvalue weighted by atomic mass is 9.92. The molecule has 7 heteroatoms. The molecule has 24 heavy (non-hydrogen) atoms. The van der Waals surface area contributed by atoms with Crippen LogP contribution in [0.2, 0.25) is 0 Å². The van der Waals surface area contributed by atoms with Gasteiger partial charge in [0.1, 0.15) is 5.82 Å². The van der Waals surface area contributed by atoms with Gasteiger partial charge in [0.05, 0.1) is 11.3 Å². The Bertz CT molecular complexity index is 711. The van der Waals surface area contributed by atoms with Crippen LogP contribution in [0.3, 0.4) is 0 Å². The first-order valence-corrected chi connectivity index (χ1v) is 9.00. The number of piperidine rings is 1. The Hall–Kier alpha value is -1.89. The summed E-state index contributed by atoms with van der Waals surface area (Å²) in [7, 11) is 0. The molecule has 1 amide bonds. The molecular weight excluding hydrogens is 329 g/mol. The van der Waals surface area contributed by atoms with E-state index >= 15 is 0 Å². The van der Waals surface area contributed by atoms with Gasteiger partial charge >= 0.3 is 0 Å². The number of nitrogens with zero attached hydrogens (tertiary/aromatic N) is 3. The number of thioether (sulfide) groups is 1. The van der Waals surface area contributed by atoms with Crippen LogP contribution in [0, 0.1) is 17.7 Å². The van der Waals surface area contributed by atoms with Gasteiger partial charge in [0, 0.05) is 13.1 Å². The number of hydrogen-bond donors (Lipinski definition) is 0. The zero-order valence-electron chi connectivity index (χ0n) is 13.7. The van der Waals surface area contributed by atoms with Crippen molar-refractivity contribution in [3.8, 4) is 11.5 Å². The summed E-state index contributed by atoms with van der Waals surface area (Å²) in [4.78, 5) is 14.3. The van der Waals surface area contributed by atoms with E-state index < -0.39 is 5.82 Å². The molecule has 2 heterocycles. The largest absolute Gasteiger partial charge is 0.411 e. The molecule has 1 fully saturated rings. The van der Waals surface area contributed by atoms with Gasteiger partial charge in [-0.3, -0.25) is 4.79 Å². The predicted molar refractivity (Wildman–Crippen MR) is 89.9 cm³/mol. The molecule has 1 aliphatic rings. The second kappa shape index (κ2) is 7.34. The van der Waals surface area contributed by atoms with Gasteiger partial charge in [-0.15, -0.1) is 10.2 Å². The summed E-state index contributed by atoms with van der Waals surface area (Å²) in [6, 6.07) is 6.23. The minimum absolute atomic E-state index is 0.0732. The lowest BCUT2D eigenvalue weighted by molar-refractivity contribution is -0.130. The van der Waals surface area contributed by atoms with E-state index in [1.165, 1.54) is 17.8 Å². The zero-order valence-corrected chi connectivity index (χ0v) is 14.6. The lowest BCUT2D eigenvalue weighted by Crippen LogP contribution is -2.43. The third kappa shape index (κ3) is 3.95. The summed E-state index contributed by atoms with van der Waals surface area (Å²) < 4.78 is 19.2. The van der Waals surface area contributed by atoms with Gasteiger partial charge in [0.2, 0.25) is 5.91 Å². The van der Waals surface area contributed by atoms with Crippen molar-refractivity contribution in [3.63, 3.8) is 0 Å². The number of halogens is 1. The van der Waals surface area contributed by atoms with Gasteiger partial charge in [-0.2, -0.15) is 0 Å². The fourth-order valence-electron chi connectivity index (χ4n) is 3.09. The first-order chi connectivity index (χ1) is 11.5. The number of hydrogen-bond acceptors (Lipinski definition) is 5. The molecule has 128 valence electrons. The van der Waals surface area contributed by atoms with E-state index in [1.807, 2.05) is 4.90 Å². The molecule has 0 radical (unpaired) electrons. The Morgan fingerprint density at radius 2 is 2.00 bits per heavy atom. The number of likely N-dealkylation sites (tertiary alicyclic amines) is 1. The number of amides is 1. The molecule has 2 aromatic rings. The van der Waals surface area contributed by atoms with Crippen LogP contribution < -0.4 is 0 Å². The Kier molecular flexibility index (Phi) is 5.18. The van der Waals surface area contributed by atoms with Crippen molar-refractivity contribution in [2.75, 3.05) is 18.8 Å². The summed E-state index contributed by atoms with van der Waals surface area (Å²) in [6.07, 6.45) is 1.16. The van der Waals surface area contributed by atoms with E-state index in [2.05, 4.69) is 24.0 Å². The van der Waals surface area contributed by atoms with Crippen LogP contribution in [0.25, 0.3) is 11.5 Å². The van der Waals surface area contributed by atoms with Crippen molar-refractivity contribution in [1.82, 2.24) is 15.1 Å². The standard InChI is InChI=1S/C17H20FN3O2S/c1-11-7-12(2)9-21(8-11)15(22)10-24-17-20-19-16(23-17)13-5-3-4-6-14(13)18/h3-6,11-12H,7-10H2,1-2H3/t11-,12-/m0/s1. The first-order valence-electron chi connectivity index (χ1n) is 8.02. The smallest absolute Gasteiger partial charge is 0.277 e. The van der Waals surface area contributed by atoms with Crippen LogP contribution >= 0.6 is 11.8 Å². The SMILES string of the molecule is C[C@H]1C[C@H](C)CN(C(=O)CSc2nnc(-c3ccccc3F)o2)C1. The highest BCUT2D eigenvalue weighted by atomic mass is 32.2. The highest BCUT2D eigenvalue weighted by Gasteiger charge is 2.25. The van der Waals surface area contributed by atoms with Crippen LogP contribution in [0.15, 0.2) is 33.9 Å². The molecular formula is C17H20FN3O2S. The molecule has 1 saturated heterocycles. The predicted octanol–water partition coefficient (Wildman–Crippen LogP) is 3.47. The van der Waals surface area contributed by atoms with E-state index in [-0.39, 0.29) is 28.3 Å². The maximum absolute atomic E-state index is 13.7. The van der Waals surface area contributed by atoms with Crippen LogP contribution in [0.5, 0.6) is 0 Å². The number of carbonyl (C=O) groups is 1. The Balaban J connectivity index is 1.59. The Labute approximate surface area is 144 Å². The molecule has 0 bridgehead atoms. The number of carbonyl (C=O) groups excluding carboxylic acids is 1. The molecule has 0 saturated carbocycles. The fourth-order valence-corrected chi connectivity index (χ4v) is 3.76. The minimum Gasteiger partial charge on any atom is -0.411 e. The van der Waals surface area contributed by atoms with Gasteiger partial charge in [-0.05, 0) is 30.4 Å². The topological polar surface area (TPSA) is 59.2 Å². The van der Waals surface area contributed by atoms with Gasteiger partial charge in [-0.1, -0.05) is 37.7 Å². The van der Waals surface area contributed by atoms with Gasteiger partial charge in [0.25, 0.3) is 11.1 Å². The molecule has 1 aromatic heterocycles. The van der Waals surface area contributed by atoms with Crippen molar-refractivity contribution in [3.05, 3.63) is 30.1 Å².